The molecule has 0 bridgehead atoms. The van der Waals surface area contributed by atoms with Crippen LogP contribution in [0.5, 0.6) is 0 Å². The van der Waals surface area contributed by atoms with E-state index in [0.717, 1.165) is 26.9 Å². The van der Waals surface area contributed by atoms with Gasteiger partial charge in [0.25, 0.3) is 5.91 Å². The van der Waals surface area contributed by atoms with Crippen molar-refractivity contribution in [2.75, 3.05) is 5.43 Å². The minimum atomic E-state index is -0.0812. The summed E-state index contributed by atoms with van der Waals surface area (Å²) in [5, 5.41) is 0. The van der Waals surface area contributed by atoms with E-state index in [9.17, 15) is 4.79 Å². The van der Waals surface area contributed by atoms with Crippen molar-refractivity contribution in [3.8, 4) is 0 Å². The highest BCUT2D eigenvalue weighted by Gasteiger charge is 2.36. The third kappa shape index (κ3) is 3.43. The van der Waals surface area contributed by atoms with Crippen LogP contribution in [0.3, 0.4) is 0 Å². The minimum absolute atomic E-state index is 0.0294. The highest BCUT2D eigenvalue weighted by Crippen LogP contribution is 2.37. The molecule has 2 aromatic heterocycles. The van der Waals surface area contributed by atoms with Gasteiger partial charge in [0.15, 0.2) is 0 Å². The van der Waals surface area contributed by atoms with Crippen LogP contribution in [0.2, 0.25) is 0 Å². The van der Waals surface area contributed by atoms with Gasteiger partial charge < -0.3 is 10.3 Å². The van der Waals surface area contributed by atoms with Crippen molar-refractivity contribution in [2.24, 2.45) is 5.84 Å². The highest BCUT2D eigenvalue weighted by molar-refractivity contribution is 9.10. The van der Waals surface area contributed by atoms with Crippen molar-refractivity contribution in [3.05, 3.63) is 87.8 Å². The number of anilines is 1. The molecule has 3 N–H and O–H groups in total. The van der Waals surface area contributed by atoms with E-state index in [-0.39, 0.29) is 11.9 Å². The number of nitrogen functional groups attached to an aromatic ring is 1. The first-order valence-electron chi connectivity index (χ1n) is 8.58. The van der Waals surface area contributed by atoms with Gasteiger partial charge in [-0.3, -0.25) is 9.78 Å². The largest absolute Gasteiger partial charge is 0.327 e. The highest BCUT2D eigenvalue weighted by atomic mass is 79.9. The van der Waals surface area contributed by atoms with E-state index in [1.54, 1.807) is 12.4 Å². The molecule has 3 aromatic rings. The summed E-state index contributed by atoms with van der Waals surface area (Å²) in [5.41, 5.74) is 6.22. The van der Waals surface area contributed by atoms with Crippen molar-refractivity contribution in [1.29, 1.82) is 0 Å². The summed E-state index contributed by atoms with van der Waals surface area (Å²) in [7, 11) is 0. The van der Waals surface area contributed by atoms with E-state index in [4.69, 9.17) is 5.84 Å². The Hall–Kier alpha value is -2.77. The molecule has 1 aliphatic rings. The van der Waals surface area contributed by atoms with E-state index >= 15 is 0 Å². The Labute approximate surface area is 165 Å². The van der Waals surface area contributed by atoms with Gasteiger partial charge in [-0.2, -0.15) is 0 Å². The van der Waals surface area contributed by atoms with Gasteiger partial charge in [-0.05, 0) is 57.4 Å². The Kier molecular flexibility index (Phi) is 4.87. The molecule has 1 aromatic carbocycles. The summed E-state index contributed by atoms with van der Waals surface area (Å²) in [6.07, 6.45) is 4.09. The molecule has 1 unspecified atom stereocenters. The maximum absolute atomic E-state index is 13.1. The number of hydrazine groups is 1. The summed E-state index contributed by atoms with van der Waals surface area (Å²) >= 11 is 3.57. The predicted octanol–water partition coefficient (Wildman–Crippen LogP) is 3.46. The number of nitrogens with one attached hydrogen (secondary N) is 1. The molecule has 0 saturated heterocycles. The molecule has 7 heteroatoms. The molecule has 136 valence electrons. The molecular formula is C20H18BrN5O. The fourth-order valence-corrected chi connectivity index (χ4v) is 3.87. The molecule has 0 aliphatic carbocycles. The lowest BCUT2D eigenvalue weighted by Gasteiger charge is -2.26. The van der Waals surface area contributed by atoms with E-state index in [2.05, 4.69) is 31.3 Å². The van der Waals surface area contributed by atoms with Crippen LogP contribution in [0.1, 0.15) is 33.2 Å². The zero-order chi connectivity index (χ0) is 18.8. The van der Waals surface area contributed by atoms with Gasteiger partial charge in [0.05, 0.1) is 11.7 Å². The zero-order valence-electron chi connectivity index (χ0n) is 14.5. The summed E-state index contributed by atoms with van der Waals surface area (Å²) in [4.78, 5) is 23.6. The number of halogens is 1. The number of amides is 1. The number of pyridine rings is 2. The predicted molar refractivity (Wildman–Crippen MR) is 107 cm³/mol. The third-order valence-electron chi connectivity index (χ3n) is 4.73. The standard InChI is InChI=1S/C20H18BrN5O/c21-16-6-3-8-23-17(16)11-18-14-4-1-2-5-15(14)20(27)26(18)12-13-7-9-24-19(10-13)25-22/h1-10,18H,11-12,22H2,(H,24,25). The van der Waals surface area contributed by atoms with Crippen molar-refractivity contribution < 1.29 is 4.79 Å². The number of carbonyl (C=O) groups excluding carboxylic acids is 1. The van der Waals surface area contributed by atoms with Gasteiger partial charge in [-0.15, -0.1) is 0 Å². The molecule has 1 aliphatic heterocycles. The maximum atomic E-state index is 13.1. The van der Waals surface area contributed by atoms with Crippen LogP contribution >= 0.6 is 15.9 Å². The second-order valence-electron chi connectivity index (χ2n) is 6.37. The number of nitrogens with two attached hydrogens (primary N) is 1. The number of hydrogen-bond acceptors (Lipinski definition) is 5. The summed E-state index contributed by atoms with van der Waals surface area (Å²) in [5.74, 6) is 6.06. The first-order valence-corrected chi connectivity index (χ1v) is 9.37. The number of hydrogen-bond donors (Lipinski definition) is 2. The average molecular weight is 424 g/mol. The minimum Gasteiger partial charge on any atom is -0.327 e. The monoisotopic (exact) mass is 423 g/mol. The number of benzene rings is 1. The second kappa shape index (κ2) is 7.46. The average Bonchev–Trinajstić information content (AvgIpc) is 2.96. The summed E-state index contributed by atoms with van der Waals surface area (Å²) < 4.78 is 0.945. The quantitative estimate of drug-likeness (QED) is 0.484. The topological polar surface area (TPSA) is 84.1 Å². The lowest BCUT2D eigenvalue weighted by atomic mass is 10.0. The molecular weight excluding hydrogens is 406 g/mol. The SMILES string of the molecule is NNc1cc(CN2C(=O)c3ccccc3C2Cc2ncccc2Br)ccn1. The molecule has 0 spiro atoms. The molecule has 6 nitrogen and oxygen atoms in total. The maximum Gasteiger partial charge on any atom is 0.255 e. The van der Waals surface area contributed by atoms with E-state index in [1.807, 2.05) is 53.4 Å². The van der Waals surface area contributed by atoms with Gasteiger partial charge in [-0.25, -0.2) is 10.8 Å². The third-order valence-corrected chi connectivity index (χ3v) is 5.46. The Morgan fingerprint density at radius 2 is 1.96 bits per heavy atom. The Morgan fingerprint density at radius 3 is 2.78 bits per heavy atom. The van der Waals surface area contributed by atoms with Crippen LogP contribution < -0.4 is 11.3 Å². The Balaban J connectivity index is 1.70. The van der Waals surface area contributed by atoms with Gasteiger partial charge in [0, 0.05) is 35.4 Å². The van der Waals surface area contributed by atoms with Gasteiger partial charge in [0.1, 0.15) is 5.82 Å². The lowest BCUT2D eigenvalue weighted by molar-refractivity contribution is 0.0708. The van der Waals surface area contributed by atoms with Crippen LogP contribution in [0, 0.1) is 0 Å². The van der Waals surface area contributed by atoms with E-state index < -0.39 is 0 Å². The zero-order valence-corrected chi connectivity index (χ0v) is 16.1. The van der Waals surface area contributed by atoms with Crippen molar-refractivity contribution in [3.63, 3.8) is 0 Å². The molecule has 3 heterocycles. The van der Waals surface area contributed by atoms with Crippen LogP contribution in [-0.4, -0.2) is 20.8 Å². The molecule has 0 fully saturated rings. The smallest absolute Gasteiger partial charge is 0.255 e. The fraction of sp³-hybridized carbons (Fsp3) is 0.150. The van der Waals surface area contributed by atoms with Crippen LogP contribution in [0.25, 0.3) is 0 Å². The molecule has 4 rings (SSSR count). The summed E-state index contributed by atoms with van der Waals surface area (Å²) in [6, 6.07) is 15.3. The van der Waals surface area contributed by atoms with E-state index in [0.29, 0.717) is 18.8 Å². The van der Waals surface area contributed by atoms with Crippen molar-refractivity contribution in [2.45, 2.75) is 19.0 Å². The molecule has 0 saturated carbocycles. The molecule has 1 atom stereocenters. The number of nitrogens with zero attached hydrogens (tertiary/aromatic N) is 3. The first kappa shape index (κ1) is 17.6. The Bertz CT molecular complexity index is 993. The number of aromatic nitrogens is 2. The Morgan fingerprint density at radius 1 is 1.11 bits per heavy atom. The number of carbonyl (C=O) groups is 1. The molecule has 1 amide bonds. The van der Waals surface area contributed by atoms with Gasteiger partial charge in [0.2, 0.25) is 0 Å². The van der Waals surface area contributed by atoms with Gasteiger partial charge >= 0.3 is 0 Å². The van der Waals surface area contributed by atoms with E-state index in [1.165, 1.54) is 0 Å². The normalized spacial score (nSPS) is 15.7. The van der Waals surface area contributed by atoms with Gasteiger partial charge in [-0.1, -0.05) is 18.2 Å². The second-order valence-corrected chi connectivity index (χ2v) is 7.22. The summed E-state index contributed by atoms with van der Waals surface area (Å²) in [6.45, 7) is 0.472. The fourth-order valence-electron chi connectivity index (χ4n) is 3.45. The van der Waals surface area contributed by atoms with Crippen molar-refractivity contribution >= 4 is 27.7 Å². The van der Waals surface area contributed by atoms with Crippen LogP contribution in [-0.2, 0) is 13.0 Å². The first-order chi connectivity index (χ1) is 13.2. The number of fused-ring (bicyclic) bond motifs is 1. The molecule has 0 radical (unpaired) electrons. The van der Waals surface area contributed by atoms with Crippen LogP contribution in [0.15, 0.2) is 65.4 Å². The van der Waals surface area contributed by atoms with Crippen molar-refractivity contribution in [1.82, 2.24) is 14.9 Å². The lowest BCUT2D eigenvalue weighted by Crippen LogP contribution is -2.29. The van der Waals surface area contributed by atoms with Crippen LogP contribution in [0.4, 0.5) is 5.82 Å². The molecule has 27 heavy (non-hydrogen) atoms. The number of rotatable bonds is 5.